The van der Waals surface area contributed by atoms with E-state index in [1.165, 1.54) is 10.1 Å². The van der Waals surface area contributed by atoms with Crippen LogP contribution in [0.2, 0.25) is 0 Å². The Labute approximate surface area is 125 Å². The number of rotatable bonds is 1. The number of nitrogens with one attached hydrogen (secondary N) is 1. The summed E-state index contributed by atoms with van der Waals surface area (Å²) in [5.74, 6) is 0. The third-order valence-electron chi connectivity index (χ3n) is 3.36. The Morgan fingerprint density at radius 1 is 1.00 bits per heavy atom. The highest BCUT2D eigenvalue weighted by molar-refractivity contribution is 7.22. The van der Waals surface area contributed by atoms with Crippen LogP contribution in [0.5, 0.6) is 0 Å². The van der Waals surface area contributed by atoms with Crippen molar-refractivity contribution in [2.24, 2.45) is 4.99 Å². The Kier molecular flexibility index (Phi) is 2.76. The van der Waals surface area contributed by atoms with Crippen LogP contribution in [0, 0.1) is 0 Å². The number of benzene rings is 2. The molecule has 0 fully saturated rings. The van der Waals surface area contributed by atoms with Crippen molar-refractivity contribution in [3.8, 4) is 0 Å². The second-order valence-corrected chi connectivity index (χ2v) is 6.09. The lowest BCUT2D eigenvalue weighted by Crippen LogP contribution is -2.20. The van der Waals surface area contributed by atoms with Gasteiger partial charge in [-0.1, -0.05) is 60.1 Å². The largest absolute Gasteiger partial charge is 0.350 e. The van der Waals surface area contributed by atoms with E-state index in [0.29, 0.717) is 0 Å². The summed E-state index contributed by atoms with van der Waals surface area (Å²) in [4.78, 5) is 5.73. The normalized spacial score (nSPS) is 17.4. The number of alkyl halides is 1. The van der Waals surface area contributed by atoms with E-state index < -0.39 is 5.62 Å². The van der Waals surface area contributed by atoms with Crippen molar-refractivity contribution in [1.82, 2.24) is 0 Å². The fourth-order valence-corrected chi connectivity index (χ4v) is 3.87. The van der Waals surface area contributed by atoms with Gasteiger partial charge in [0.1, 0.15) is 0 Å². The summed E-state index contributed by atoms with van der Waals surface area (Å²) in [6.07, 6.45) is 0. The van der Waals surface area contributed by atoms with E-state index in [9.17, 15) is 0 Å². The van der Waals surface area contributed by atoms with Gasteiger partial charge in [-0.15, -0.1) is 11.3 Å². The lowest BCUT2D eigenvalue weighted by Gasteiger charge is -2.19. The molecule has 20 heavy (non-hydrogen) atoms. The van der Waals surface area contributed by atoms with Gasteiger partial charge in [-0.2, -0.15) is 0 Å². The van der Waals surface area contributed by atoms with Crippen molar-refractivity contribution < 1.29 is 0 Å². The summed E-state index contributed by atoms with van der Waals surface area (Å²) >= 11 is 8.01. The number of hydrogen-bond donors (Lipinski definition) is 1. The molecule has 2 heterocycles. The van der Waals surface area contributed by atoms with Gasteiger partial charge in [0.25, 0.3) is 0 Å². The minimum Gasteiger partial charge on any atom is -0.350 e. The van der Waals surface area contributed by atoms with Crippen LogP contribution in [0.3, 0.4) is 0 Å². The van der Waals surface area contributed by atoms with Crippen molar-refractivity contribution >= 4 is 44.4 Å². The van der Waals surface area contributed by atoms with Gasteiger partial charge in [-0.3, -0.25) is 0 Å². The van der Waals surface area contributed by atoms with Crippen LogP contribution < -0.4 is 5.32 Å². The van der Waals surface area contributed by atoms with Gasteiger partial charge in [0, 0.05) is 15.6 Å². The number of nitrogens with zero attached hydrogens (tertiary/aromatic N) is 1. The molecular formula is C16H11ClN2S. The Morgan fingerprint density at radius 3 is 2.60 bits per heavy atom. The molecule has 0 amide bonds. The third-order valence-corrected chi connectivity index (χ3v) is 4.75. The van der Waals surface area contributed by atoms with Crippen molar-refractivity contribution in [3.63, 3.8) is 0 Å². The highest BCUT2D eigenvalue weighted by Gasteiger charge is 2.24. The lowest BCUT2D eigenvalue weighted by atomic mass is 10.1. The van der Waals surface area contributed by atoms with Gasteiger partial charge in [0.05, 0.1) is 16.3 Å². The Balaban J connectivity index is 1.98. The quantitative estimate of drug-likeness (QED) is 0.512. The number of halogens is 1. The molecule has 98 valence electrons. The average molecular weight is 299 g/mol. The van der Waals surface area contributed by atoms with Crippen molar-refractivity contribution in [2.75, 3.05) is 5.32 Å². The number of fused-ring (bicyclic) bond motifs is 3. The molecule has 0 aliphatic carbocycles. The molecule has 0 spiro atoms. The van der Waals surface area contributed by atoms with E-state index in [4.69, 9.17) is 11.6 Å². The molecule has 2 aromatic carbocycles. The standard InChI is InChI=1S/C16H11ClN2S/c17-16-18-13(10-6-2-1-3-7-10)15-14(19-16)11-8-4-5-9-12(11)20-15/h1-9,16,19H. The van der Waals surface area contributed by atoms with Crippen LogP contribution in [0.25, 0.3) is 10.1 Å². The fraction of sp³-hybridized carbons (Fsp3) is 0.0625. The summed E-state index contributed by atoms with van der Waals surface area (Å²) in [6, 6.07) is 18.6. The highest BCUT2D eigenvalue weighted by Crippen LogP contribution is 2.40. The second kappa shape index (κ2) is 4.62. The molecule has 1 atom stereocenters. The zero-order valence-electron chi connectivity index (χ0n) is 10.5. The number of anilines is 1. The Bertz CT molecular complexity index is 808. The predicted molar refractivity (Wildman–Crippen MR) is 87.2 cm³/mol. The summed E-state index contributed by atoms with van der Waals surface area (Å²) in [6.45, 7) is 0. The number of aliphatic imine (C=N–C) groups is 1. The molecule has 1 aromatic heterocycles. The Hall–Kier alpha value is -1.84. The average Bonchev–Trinajstić information content (AvgIpc) is 2.86. The first-order valence-electron chi connectivity index (χ1n) is 6.38. The Morgan fingerprint density at radius 2 is 1.75 bits per heavy atom. The van der Waals surface area contributed by atoms with Crippen LogP contribution in [0.1, 0.15) is 10.4 Å². The molecular weight excluding hydrogens is 288 g/mol. The first-order chi connectivity index (χ1) is 9.83. The molecule has 2 nitrogen and oxygen atoms in total. The van der Waals surface area contributed by atoms with Gasteiger partial charge >= 0.3 is 0 Å². The molecule has 3 aromatic rings. The lowest BCUT2D eigenvalue weighted by molar-refractivity contribution is 1.03. The summed E-state index contributed by atoms with van der Waals surface area (Å²) in [7, 11) is 0. The zero-order chi connectivity index (χ0) is 13.5. The molecule has 1 aliphatic rings. The van der Waals surface area contributed by atoms with Gasteiger partial charge in [0.15, 0.2) is 5.62 Å². The minimum atomic E-state index is -0.421. The van der Waals surface area contributed by atoms with Crippen molar-refractivity contribution in [3.05, 3.63) is 65.0 Å². The zero-order valence-corrected chi connectivity index (χ0v) is 12.1. The monoisotopic (exact) mass is 298 g/mol. The summed E-state index contributed by atoms with van der Waals surface area (Å²) in [5.41, 5.74) is 2.75. The molecule has 1 unspecified atom stereocenters. The second-order valence-electron chi connectivity index (χ2n) is 4.63. The van der Waals surface area contributed by atoms with E-state index in [1.54, 1.807) is 11.3 Å². The van der Waals surface area contributed by atoms with Gasteiger partial charge in [-0.05, 0) is 6.07 Å². The SMILES string of the molecule is ClC1N=C(c2ccccc2)c2sc3ccccc3c2N1. The van der Waals surface area contributed by atoms with Crippen molar-refractivity contribution in [1.29, 1.82) is 0 Å². The summed E-state index contributed by atoms with van der Waals surface area (Å²) < 4.78 is 1.25. The topological polar surface area (TPSA) is 24.4 Å². The first-order valence-corrected chi connectivity index (χ1v) is 7.64. The molecule has 0 bridgehead atoms. The van der Waals surface area contributed by atoms with Crippen LogP contribution in [0.15, 0.2) is 59.6 Å². The van der Waals surface area contributed by atoms with E-state index in [2.05, 4.69) is 40.6 Å². The smallest absolute Gasteiger partial charge is 0.196 e. The van der Waals surface area contributed by atoms with Gasteiger partial charge in [-0.25, -0.2) is 4.99 Å². The first kappa shape index (κ1) is 11.9. The molecule has 4 heteroatoms. The summed E-state index contributed by atoms with van der Waals surface area (Å²) in [5, 5.41) is 4.48. The fourth-order valence-electron chi connectivity index (χ4n) is 2.48. The molecule has 0 saturated heterocycles. The van der Waals surface area contributed by atoms with Crippen molar-refractivity contribution in [2.45, 2.75) is 5.62 Å². The van der Waals surface area contributed by atoms with Gasteiger partial charge in [0.2, 0.25) is 0 Å². The molecule has 0 radical (unpaired) electrons. The van der Waals surface area contributed by atoms with E-state index in [-0.39, 0.29) is 0 Å². The van der Waals surface area contributed by atoms with Crippen LogP contribution in [0.4, 0.5) is 5.69 Å². The minimum absolute atomic E-state index is 0.421. The van der Waals surface area contributed by atoms with Crippen LogP contribution >= 0.6 is 22.9 Å². The van der Waals surface area contributed by atoms with Gasteiger partial charge < -0.3 is 5.32 Å². The van der Waals surface area contributed by atoms with Crippen LogP contribution in [-0.2, 0) is 0 Å². The van der Waals surface area contributed by atoms with Crippen LogP contribution in [-0.4, -0.2) is 11.3 Å². The molecule has 1 aliphatic heterocycles. The highest BCUT2D eigenvalue weighted by atomic mass is 35.5. The van der Waals surface area contributed by atoms with E-state index in [1.807, 2.05) is 24.3 Å². The predicted octanol–water partition coefficient (Wildman–Crippen LogP) is 4.69. The maximum Gasteiger partial charge on any atom is 0.196 e. The molecule has 1 N–H and O–H groups in total. The van der Waals surface area contributed by atoms with E-state index >= 15 is 0 Å². The van der Waals surface area contributed by atoms with E-state index in [0.717, 1.165) is 21.8 Å². The maximum absolute atomic E-state index is 6.25. The number of hydrogen-bond acceptors (Lipinski definition) is 3. The molecule has 4 rings (SSSR count). The maximum atomic E-state index is 6.25. The third kappa shape index (κ3) is 1.82. The molecule has 0 saturated carbocycles. The number of thiophene rings is 1.